The number of hydrogen-bond acceptors (Lipinski definition) is 3. The highest BCUT2D eigenvalue weighted by Gasteiger charge is 2.16. The summed E-state index contributed by atoms with van der Waals surface area (Å²) in [6, 6.07) is 6.03. The van der Waals surface area contributed by atoms with Crippen LogP contribution in [0.15, 0.2) is 29.2 Å². The molecule has 100 valence electrons. The zero-order valence-electron chi connectivity index (χ0n) is 10.5. The van der Waals surface area contributed by atoms with Crippen LogP contribution in [-0.4, -0.2) is 26.4 Å². The van der Waals surface area contributed by atoms with Crippen LogP contribution in [0.1, 0.15) is 25.3 Å². The quantitative estimate of drug-likeness (QED) is 0.793. The van der Waals surface area contributed by atoms with Gasteiger partial charge >= 0.3 is 10.2 Å². The second kappa shape index (κ2) is 5.36. The van der Waals surface area contributed by atoms with E-state index in [2.05, 4.69) is 11.8 Å². The lowest BCUT2D eigenvalue weighted by molar-refractivity contribution is 0.185. The Morgan fingerprint density at radius 1 is 1.22 bits per heavy atom. The van der Waals surface area contributed by atoms with E-state index in [1.807, 2.05) is 0 Å². The molecule has 1 aromatic rings. The van der Waals surface area contributed by atoms with Crippen LogP contribution < -0.4 is 0 Å². The van der Waals surface area contributed by atoms with Crippen molar-refractivity contribution in [2.75, 3.05) is 13.1 Å². The van der Waals surface area contributed by atoms with Gasteiger partial charge in [-0.1, -0.05) is 19.1 Å². The first-order valence-electron chi connectivity index (χ1n) is 6.21. The normalized spacial score (nSPS) is 19.0. The molecule has 0 bridgehead atoms. The smallest absolute Gasteiger partial charge is 0.299 e. The molecule has 0 spiro atoms. The van der Waals surface area contributed by atoms with Gasteiger partial charge in [-0.25, -0.2) is 0 Å². The zero-order valence-corrected chi connectivity index (χ0v) is 11.3. The highest BCUT2D eigenvalue weighted by Crippen LogP contribution is 2.19. The van der Waals surface area contributed by atoms with Gasteiger partial charge in [0.25, 0.3) is 0 Å². The number of likely N-dealkylation sites (tertiary alicyclic amines) is 1. The van der Waals surface area contributed by atoms with Crippen molar-refractivity contribution in [2.24, 2.45) is 5.92 Å². The number of rotatable bonds is 3. The Balaban J connectivity index is 1.98. The molecule has 1 fully saturated rings. The number of benzene rings is 1. The van der Waals surface area contributed by atoms with Crippen molar-refractivity contribution in [1.29, 1.82) is 0 Å². The lowest BCUT2D eigenvalue weighted by Gasteiger charge is -2.30. The van der Waals surface area contributed by atoms with E-state index in [9.17, 15) is 12.3 Å². The van der Waals surface area contributed by atoms with E-state index < -0.39 is 10.2 Å². The maximum absolute atomic E-state index is 12.7. The topological polar surface area (TPSA) is 37.4 Å². The van der Waals surface area contributed by atoms with E-state index in [0.29, 0.717) is 0 Å². The fourth-order valence-corrected chi connectivity index (χ4v) is 2.70. The SMILES string of the molecule is CC1CCN(Cc2ccc(S(=O)(=O)F)cc2)CC1. The Kier molecular flexibility index (Phi) is 4.02. The van der Waals surface area contributed by atoms with Gasteiger partial charge in [-0.2, -0.15) is 8.42 Å². The molecule has 1 aliphatic heterocycles. The van der Waals surface area contributed by atoms with Crippen molar-refractivity contribution in [2.45, 2.75) is 31.2 Å². The number of halogens is 1. The fourth-order valence-electron chi connectivity index (χ4n) is 2.24. The molecule has 1 aromatic carbocycles. The highest BCUT2D eigenvalue weighted by molar-refractivity contribution is 7.86. The third-order valence-corrected chi connectivity index (χ3v) is 4.32. The van der Waals surface area contributed by atoms with Crippen LogP contribution in [0.25, 0.3) is 0 Å². The summed E-state index contributed by atoms with van der Waals surface area (Å²) in [5, 5.41) is 0. The maximum atomic E-state index is 12.7. The number of hydrogen-bond donors (Lipinski definition) is 0. The summed E-state index contributed by atoms with van der Waals surface area (Å²) in [4.78, 5) is 2.08. The molecule has 3 nitrogen and oxygen atoms in total. The van der Waals surface area contributed by atoms with Gasteiger partial charge in [-0.3, -0.25) is 4.90 Å². The van der Waals surface area contributed by atoms with E-state index in [1.54, 1.807) is 12.1 Å². The summed E-state index contributed by atoms with van der Waals surface area (Å²) in [6.45, 7) is 5.21. The van der Waals surface area contributed by atoms with Gasteiger partial charge in [0.2, 0.25) is 0 Å². The van der Waals surface area contributed by atoms with Crippen LogP contribution in [0, 0.1) is 5.92 Å². The average Bonchev–Trinajstić information content (AvgIpc) is 2.32. The van der Waals surface area contributed by atoms with Gasteiger partial charge in [0.1, 0.15) is 0 Å². The minimum Gasteiger partial charge on any atom is -0.299 e. The molecule has 5 heteroatoms. The molecule has 0 aromatic heterocycles. The molecular formula is C13H18FNO2S. The first-order valence-corrected chi connectivity index (χ1v) is 7.59. The first kappa shape index (κ1) is 13.5. The second-order valence-electron chi connectivity index (χ2n) is 5.04. The number of nitrogens with zero attached hydrogens (tertiary/aromatic N) is 1. The van der Waals surface area contributed by atoms with Crippen LogP contribution >= 0.6 is 0 Å². The van der Waals surface area contributed by atoms with Gasteiger partial charge in [0.05, 0.1) is 4.90 Å². The Labute approximate surface area is 108 Å². The summed E-state index contributed by atoms with van der Waals surface area (Å²) in [5.74, 6) is 0.792. The third-order valence-electron chi connectivity index (χ3n) is 3.49. The lowest BCUT2D eigenvalue weighted by Crippen LogP contribution is -2.32. The Bertz CT molecular complexity index is 490. The first-order chi connectivity index (χ1) is 8.45. The molecule has 0 unspecified atom stereocenters. The monoisotopic (exact) mass is 271 g/mol. The van der Waals surface area contributed by atoms with Gasteiger partial charge in [0, 0.05) is 6.54 Å². The summed E-state index contributed by atoms with van der Waals surface area (Å²) in [7, 11) is -4.57. The van der Waals surface area contributed by atoms with Gasteiger partial charge < -0.3 is 0 Å². The van der Waals surface area contributed by atoms with Gasteiger partial charge in [-0.05, 0) is 49.5 Å². The summed E-state index contributed by atoms with van der Waals surface area (Å²) < 4.78 is 34.1. The Morgan fingerprint density at radius 2 is 1.78 bits per heavy atom. The predicted octanol–water partition coefficient (Wildman–Crippen LogP) is 2.58. The molecule has 0 amide bonds. The van der Waals surface area contributed by atoms with Gasteiger partial charge in [-0.15, -0.1) is 3.89 Å². The van der Waals surface area contributed by atoms with Crippen LogP contribution in [0.4, 0.5) is 3.89 Å². The molecular weight excluding hydrogens is 253 g/mol. The Hall–Kier alpha value is -0.940. The van der Waals surface area contributed by atoms with E-state index in [4.69, 9.17) is 0 Å². The molecule has 0 atom stereocenters. The largest absolute Gasteiger partial charge is 0.332 e. The van der Waals surface area contributed by atoms with E-state index >= 15 is 0 Å². The molecule has 0 N–H and O–H groups in total. The molecule has 0 saturated carbocycles. The number of piperidine rings is 1. The highest BCUT2D eigenvalue weighted by atomic mass is 32.3. The molecule has 1 saturated heterocycles. The lowest BCUT2D eigenvalue weighted by atomic mass is 9.99. The molecule has 2 rings (SSSR count). The van der Waals surface area contributed by atoms with Gasteiger partial charge in [0.15, 0.2) is 0 Å². The van der Waals surface area contributed by atoms with Crippen molar-refractivity contribution in [1.82, 2.24) is 4.90 Å². The van der Waals surface area contributed by atoms with Crippen molar-refractivity contribution in [3.05, 3.63) is 29.8 Å². The standard InChI is InChI=1S/C13H18FNO2S/c1-11-6-8-15(9-7-11)10-12-2-4-13(5-3-12)18(14,16)17/h2-5,11H,6-10H2,1H3. The van der Waals surface area contributed by atoms with Crippen molar-refractivity contribution in [3.63, 3.8) is 0 Å². The summed E-state index contributed by atoms with van der Waals surface area (Å²) in [5.41, 5.74) is 1.02. The van der Waals surface area contributed by atoms with Crippen LogP contribution in [-0.2, 0) is 16.8 Å². The molecule has 0 aliphatic carbocycles. The molecule has 1 heterocycles. The average molecular weight is 271 g/mol. The summed E-state index contributed by atoms with van der Waals surface area (Å²) in [6.07, 6.45) is 2.41. The van der Waals surface area contributed by atoms with Crippen LogP contribution in [0.5, 0.6) is 0 Å². The zero-order chi connectivity index (χ0) is 13.2. The minimum absolute atomic E-state index is 0.265. The molecule has 1 aliphatic rings. The van der Waals surface area contributed by atoms with E-state index in [-0.39, 0.29) is 4.90 Å². The van der Waals surface area contributed by atoms with Crippen molar-refractivity contribution in [3.8, 4) is 0 Å². The van der Waals surface area contributed by atoms with E-state index in [0.717, 1.165) is 31.1 Å². The van der Waals surface area contributed by atoms with Crippen LogP contribution in [0.2, 0.25) is 0 Å². The minimum atomic E-state index is -4.57. The molecule has 0 radical (unpaired) electrons. The third kappa shape index (κ3) is 3.53. The van der Waals surface area contributed by atoms with Crippen molar-refractivity contribution < 1.29 is 12.3 Å². The fraction of sp³-hybridized carbons (Fsp3) is 0.538. The summed E-state index contributed by atoms with van der Waals surface area (Å²) >= 11 is 0. The second-order valence-corrected chi connectivity index (χ2v) is 6.39. The van der Waals surface area contributed by atoms with Crippen molar-refractivity contribution >= 4 is 10.2 Å². The Morgan fingerprint density at radius 3 is 2.28 bits per heavy atom. The van der Waals surface area contributed by atoms with E-state index in [1.165, 1.54) is 25.0 Å². The maximum Gasteiger partial charge on any atom is 0.332 e. The predicted molar refractivity (Wildman–Crippen MR) is 68.4 cm³/mol. The van der Waals surface area contributed by atoms with Crippen LogP contribution in [0.3, 0.4) is 0 Å². The molecule has 18 heavy (non-hydrogen) atoms.